The number of rotatable bonds is 4. The van der Waals surface area contributed by atoms with Gasteiger partial charge in [-0.2, -0.15) is 13.2 Å². The molecule has 0 saturated heterocycles. The van der Waals surface area contributed by atoms with Crippen LogP contribution in [0.5, 0.6) is 0 Å². The maximum absolute atomic E-state index is 13.0. The Morgan fingerprint density at radius 1 is 1.27 bits per heavy atom. The van der Waals surface area contributed by atoms with Crippen molar-refractivity contribution < 1.29 is 27.8 Å². The van der Waals surface area contributed by atoms with Crippen LogP contribution >= 0.6 is 0 Å². The van der Waals surface area contributed by atoms with Crippen molar-refractivity contribution in [1.82, 2.24) is 4.57 Å². The number of cyclic esters (lactones) is 1. The number of benzene rings is 1. The van der Waals surface area contributed by atoms with E-state index in [4.69, 9.17) is 4.74 Å². The lowest BCUT2D eigenvalue weighted by atomic mass is 10.1. The fourth-order valence-corrected chi connectivity index (χ4v) is 3.04. The summed E-state index contributed by atoms with van der Waals surface area (Å²) in [5.41, 5.74) is 1.30. The highest BCUT2D eigenvalue weighted by molar-refractivity contribution is 5.73. The summed E-state index contributed by atoms with van der Waals surface area (Å²) >= 11 is 0. The zero-order valence-electron chi connectivity index (χ0n) is 14.1. The van der Waals surface area contributed by atoms with E-state index in [1.165, 1.54) is 12.1 Å². The Labute approximate surface area is 148 Å². The third-order valence-corrected chi connectivity index (χ3v) is 4.31. The SMILES string of the molecule is Cc1ccc(-c2cccc(C(F)(F)F)c2)n1CCC1C=C(O)CC(=O)O1. The van der Waals surface area contributed by atoms with Crippen LogP contribution in [0.15, 0.2) is 48.2 Å². The van der Waals surface area contributed by atoms with Gasteiger partial charge in [0.25, 0.3) is 0 Å². The average Bonchev–Trinajstić information content (AvgIpc) is 2.92. The van der Waals surface area contributed by atoms with E-state index >= 15 is 0 Å². The molecule has 26 heavy (non-hydrogen) atoms. The fourth-order valence-electron chi connectivity index (χ4n) is 3.04. The smallest absolute Gasteiger partial charge is 0.416 e. The largest absolute Gasteiger partial charge is 0.512 e. The monoisotopic (exact) mass is 365 g/mol. The van der Waals surface area contributed by atoms with Crippen molar-refractivity contribution in [2.45, 2.75) is 38.6 Å². The van der Waals surface area contributed by atoms with Gasteiger partial charge in [0.2, 0.25) is 0 Å². The van der Waals surface area contributed by atoms with E-state index in [9.17, 15) is 23.1 Å². The van der Waals surface area contributed by atoms with Gasteiger partial charge >= 0.3 is 12.1 Å². The van der Waals surface area contributed by atoms with Gasteiger partial charge in [-0.3, -0.25) is 4.79 Å². The van der Waals surface area contributed by atoms with Crippen LogP contribution in [0.25, 0.3) is 11.3 Å². The molecule has 0 spiro atoms. The van der Waals surface area contributed by atoms with Crippen molar-refractivity contribution >= 4 is 5.97 Å². The standard InChI is InChI=1S/C19H18F3NO3/c1-12-5-6-17(13-3-2-4-14(9-13)19(20,21)22)23(12)8-7-16-10-15(24)11-18(25)26-16/h2-6,9-10,16,24H,7-8,11H2,1H3. The van der Waals surface area contributed by atoms with E-state index in [1.54, 1.807) is 12.1 Å². The van der Waals surface area contributed by atoms with Gasteiger partial charge in [0.1, 0.15) is 18.3 Å². The quantitative estimate of drug-likeness (QED) is 0.804. The highest BCUT2D eigenvalue weighted by atomic mass is 19.4. The molecule has 1 aromatic heterocycles. The Balaban J connectivity index is 1.84. The van der Waals surface area contributed by atoms with E-state index in [1.807, 2.05) is 17.6 Å². The summed E-state index contributed by atoms with van der Waals surface area (Å²) < 4.78 is 45.9. The van der Waals surface area contributed by atoms with Crippen LogP contribution < -0.4 is 0 Å². The second-order valence-corrected chi connectivity index (χ2v) is 6.24. The molecule has 1 aromatic carbocycles. The second-order valence-electron chi connectivity index (χ2n) is 6.24. The molecule has 7 heteroatoms. The minimum atomic E-state index is -4.40. The summed E-state index contributed by atoms with van der Waals surface area (Å²) in [5, 5.41) is 9.55. The third-order valence-electron chi connectivity index (χ3n) is 4.31. The number of ether oxygens (including phenoxy) is 1. The molecule has 3 rings (SSSR count). The van der Waals surface area contributed by atoms with E-state index < -0.39 is 23.8 Å². The molecule has 0 radical (unpaired) electrons. The Morgan fingerprint density at radius 2 is 2.04 bits per heavy atom. The molecule has 1 N–H and O–H groups in total. The van der Waals surface area contributed by atoms with Gasteiger partial charge in [-0.05, 0) is 42.8 Å². The van der Waals surface area contributed by atoms with Crippen LogP contribution in [0, 0.1) is 6.92 Å². The molecule has 2 heterocycles. The van der Waals surface area contributed by atoms with Crippen LogP contribution in [-0.4, -0.2) is 21.7 Å². The number of aliphatic hydroxyl groups is 1. The number of hydrogen-bond acceptors (Lipinski definition) is 3. The summed E-state index contributed by atoms with van der Waals surface area (Å²) in [6, 6.07) is 8.78. The minimum Gasteiger partial charge on any atom is -0.512 e. The summed E-state index contributed by atoms with van der Waals surface area (Å²) in [5.74, 6) is -0.508. The number of hydrogen-bond donors (Lipinski definition) is 1. The van der Waals surface area contributed by atoms with Crippen molar-refractivity contribution in [2.75, 3.05) is 0 Å². The summed E-state index contributed by atoms with van der Waals surface area (Å²) in [7, 11) is 0. The average molecular weight is 365 g/mol. The highest BCUT2D eigenvalue weighted by Crippen LogP contribution is 2.33. The van der Waals surface area contributed by atoms with Gasteiger partial charge in [0.15, 0.2) is 0 Å². The molecule has 0 saturated carbocycles. The lowest BCUT2D eigenvalue weighted by molar-refractivity contribution is -0.148. The van der Waals surface area contributed by atoms with Gasteiger partial charge in [-0.15, -0.1) is 0 Å². The van der Waals surface area contributed by atoms with Crippen molar-refractivity contribution in [3.05, 3.63) is 59.5 Å². The number of carbonyl (C=O) groups is 1. The molecule has 1 unspecified atom stereocenters. The predicted molar refractivity (Wildman–Crippen MR) is 89.4 cm³/mol. The van der Waals surface area contributed by atoms with Crippen molar-refractivity contribution in [3.63, 3.8) is 0 Å². The number of aryl methyl sites for hydroxylation is 1. The van der Waals surface area contributed by atoms with Gasteiger partial charge in [0.05, 0.1) is 5.56 Å². The molecule has 1 atom stereocenters. The van der Waals surface area contributed by atoms with Crippen molar-refractivity contribution in [3.8, 4) is 11.3 Å². The van der Waals surface area contributed by atoms with Crippen LogP contribution in [0.3, 0.4) is 0 Å². The van der Waals surface area contributed by atoms with Crippen LogP contribution in [0.4, 0.5) is 13.2 Å². The molecule has 0 aliphatic carbocycles. The first-order valence-electron chi connectivity index (χ1n) is 8.17. The lowest BCUT2D eigenvalue weighted by Crippen LogP contribution is -2.23. The number of esters is 1. The molecular formula is C19H18F3NO3. The van der Waals surface area contributed by atoms with Crippen LogP contribution in [0.2, 0.25) is 0 Å². The topological polar surface area (TPSA) is 51.5 Å². The Kier molecular flexibility index (Phi) is 4.80. The molecule has 0 fully saturated rings. The number of aromatic nitrogens is 1. The van der Waals surface area contributed by atoms with E-state index in [0.717, 1.165) is 17.8 Å². The maximum atomic E-state index is 13.0. The van der Waals surface area contributed by atoms with E-state index in [-0.39, 0.29) is 12.2 Å². The van der Waals surface area contributed by atoms with Crippen LogP contribution in [-0.2, 0) is 22.3 Å². The number of carbonyl (C=O) groups excluding carboxylic acids is 1. The minimum absolute atomic E-state index is 0.0198. The summed E-state index contributed by atoms with van der Waals surface area (Å²) in [4.78, 5) is 11.4. The molecule has 0 amide bonds. The third kappa shape index (κ3) is 3.92. The first kappa shape index (κ1) is 18.1. The Morgan fingerprint density at radius 3 is 2.73 bits per heavy atom. The van der Waals surface area contributed by atoms with Gasteiger partial charge in [-0.25, -0.2) is 0 Å². The van der Waals surface area contributed by atoms with Gasteiger partial charge < -0.3 is 14.4 Å². The number of aliphatic hydroxyl groups excluding tert-OH is 1. The summed E-state index contributed by atoms with van der Waals surface area (Å²) in [6.45, 7) is 2.30. The highest BCUT2D eigenvalue weighted by Gasteiger charge is 2.30. The lowest BCUT2D eigenvalue weighted by Gasteiger charge is -2.21. The maximum Gasteiger partial charge on any atom is 0.416 e. The van der Waals surface area contributed by atoms with Gasteiger partial charge in [-0.1, -0.05) is 12.1 Å². The first-order chi connectivity index (χ1) is 12.2. The molecule has 2 aromatic rings. The van der Waals surface area contributed by atoms with E-state index in [0.29, 0.717) is 24.2 Å². The zero-order chi connectivity index (χ0) is 18.9. The Hall–Kier alpha value is -2.70. The molecule has 1 aliphatic heterocycles. The molecule has 1 aliphatic rings. The second kappa shape index (κ2) is 6.90. The van der Waals surface area contributed by atoms with Crippen molar-refractivity contribution in [2.24, 2.45) is 0 Å². The molecule has 4 nitrogen and oxygen atoms in total. The van der Waals surface area contributed by atoms with Crippen molar-refractivity contribution in [1.29, 1.82) is 0 Å². The zero-order valence-corrected chi connectivity index (χ0v) is 14.1. The number of halogens is 3. The summed E-state index contributed by atoms with van der Waals surface area (Å²) in [6.07, 6.45) is -3.18. The predicted octanol–water partition coefficient (Wildman–Crippen LogP) is 4.63. The fraction of sp³-hybridized carbons (Fsp3) is 0.316. The Bertz CT molecular complexity index is 852. The van der Waals surface area contributed by atoms with E-state index in [2.05, 4.69) is 0 Å². The van der Waals surface area contributed by atoms with Gasteiger partial charge in [0, 0.05) is 24.4 Å². The van der Waals surface area contributed by atoms with Crippen LogP contribution in [0.1, 0.15) is 24.1 Å². The normalized spacial score (nSPS) is 17.8. The molecular weight excluding hydrogens is 347 g/mol. The molecule has 0 bridgehead atoms. The molecule has 138 valence electrons. The first-order valence-corrected chi connectivity index (χ1v) is 8.17. The number of nitrogens with zero attached hydrogens (tertiary/aromatic N) is 1. The number of alkyl halides is 3.